The Bertz CT molecular complexity index is 575. The molecule has 0 unspecified atom stereocenters. The van der Waals surface area contributed by atoms with Crippen molar-refractivity contribution in [2.75, 3.05) is 13.6 Å². The number of aryl methyl sites for hydroxylation is 1. The molecule has 0 spiro atoms. The highest BCUT2D eigenvalue weighted by atomic mass is 16.4. The van der Waals surface area contributed by atoms with Crippen LogP contribution in [0.5, 0.6) is 0 Å². The molecule has 1 N–H and O–H groups in total. The monoisotopic (exact) mass is 273 g/mol. The first kappa shape index (κ1) is 14.3. The molecule has 20 heavy (non-hydrogen) atoms. The molecule has 0 bridgehead atoms. The van der Waals surface area contributed by atoms with Crippen molar-refractivity contribution in [2.24, 2.45) is 7.05 Å². The molecule has 0 saturated heterocycles. The molecule has 1 heterocycles. The Morgan fingerprint density at radius 2 is 2.00 bits per heavy atom. The molecule has 5 nitrogen and oxygen atoms in total. The van der Waals surface area contributed by atoms with Crippen LogP contribution < -0.4 is 0 Å². The molecule has 0 aliphatic carbocycles. The Morgan fingerprint density at radius 3 is 2.55 bits per heavy atom. The van der Waals surface area contributed by atoms with Crippen LogP contribution in [0.2, 0.25) is 0 Å². The van der Waals surface area contributed by atoms with E-state index in [4.69, 9.17) is 5.11 Å². The predicted molar refractivity (Wildman–Crippen MR) is 76.6 cm³/mol. The van der Waals surface area contributed by atoms with Crippen LogP contribution in [0, 0.1) is 0 Å². The molecule has 0 aliphatic heterocycles. The standard InChI is InChI=1S/C15H19N3O2/c1-17(10-8-14-7-9-16-18(14)2)11-12-3-5-13(6-4-12)15(19)20/h3-7,9H,8,10-11H2,1-2H3,(H,19,20). The fourth-order valence-electron chi connectivity index (χ4n) is 2.10. The Kier molecular flexibility index (Phi) is 4.53. The topological polar surface area (TPSA) is 58.4 Å². The number of aromatic nitrogens is 2. The van der Waals surface area contributed by atoms with Gasteiger partial charge in [0.2, 0.25) is 0 Å². The van der Waals surface area contributed by atoms with Crippen molar-refractivity contribution in [1.29, 1.82) is 0 Å². The summed E-state index contributed by atoms with van der Waals surface area (Å²) >= 11 is 0. The van der Waals surface area contributed by atoms with Gasteiger partial charge in [-0.3, -0.25) is 4.68 Å². The molecule has 0 amide bonds. The van der Waals surface area contributed by atoms with Gasteiger partial charge in [-0.15, -0.1) is 0 Å². The molecule has 2 aromatic rings. The van der Waals surface area contributed by atoms with Gasteiger partial charge in [0, 0.05) is 38.4 Å². The Labute approximate surface area is 118 Å². The third-order valence-corrected chi connectivity index (χ3v) is 3.33. The fraction of sp³-hybridized carbons (Fsp3) is 0.333. The summed E-state index contributed by atoms with van der Waals surface area (Å²) in [5.74, 6) is -0.888. The van der Waals surface area contributed by atoms with E-state index in [0.717, 1.165) is 25.1 Å². The first-order chi connectivity index (χ1) is 9.56. The number of carboxylic acid groups (broad SMARTS) is 1. The molecule has 0 fully saturated rings. The third kappa shape index (κ3) is 3.68. The van der Waals surface area contributed by atoms with Gasteiger partial charge in [-0.2, -0.15) is 5.10 Å². The van der Waals surface area contributed by atoms with Crippen LogP contribution in [-0.2, 0) is 20.0 Å². The average molecular weight is 273 g/mol. The summed E-state index contributed by atoms with van der Waals surface area (Å²) in [6.45, 7) is 1.73. The zero-order valence-corrected chi connectivity index (χ0v) is 11.8. The van der Waals surface area contributed by atoms with Gasteiger partial charge >= 0.3 is 5.97 Å². The van der Waals surface area contributed by atoms with Gasteiger partial charge in [0.1, 0.15) is 0 Å². The quantitative estimate of drug-likeness (QED) is 0.872. The lowest BCUT2D eigenvalue weighted by atomic mass is 10.1. The Morgan fingerprint density at radius 1 is 1.30 bits per heavy atom. The van der Waals surface area contributed by atoms with Crippen LogP contribution in [-0.4, -0.2) is 39.3 Å². The third-order valence-electron chi connectivity index (χ3n) is 3.33. The van der Waals surface area contributed by atoms with Gasteiger partial charge in [-0.05, 0) is 30.8 Å². The molecule has 2 rings (SSSR count). The second-order valence-corrected chi connectivity index (χ2v) is 4.94. The van der Waals surface area contributed by atoms with E-state index in [1.807, 2.05) is 29.9 Å². The smallest absolute Gasteiger partial charge is 0.335 e. The summed E-state index contributed by atoms with van der Waals surface area (Å²) in [4.78, 5) is 13.0. The predicted octanol–water partition coefficient (Wildman–Crippen LogP) is 1.79. The molecular weight excluding hydrogens is 254 g/mol. The first-order valence-electron chi connectivity index (χ1n) is 6.54. The molecule has 0 radical (unpaired) electrons. The summed E-state index contributed by atoms with van der Waals surface area (Å²) in [5, 5.41) is 13.0. The molecule has 5 heteroatoms. The first-order valence-corrected chi connectivity index (χ1v) is 6.54. The van der Waals surface area contributed by atoms with Crippen LogP contribution in [0.15, 0.2) is 36.5 Å². The van der Waals surface area contributed by atoms with E-state index in [0.29, 0.717) is 5.56 Å². The van der Waals surface area contributed by atoms with Crippen molar-refractivity contribution in [1.82, 2.24) is 14.7 Å². The Hall–Kier alpha value is -2.14. The molecule has 1 aromatic carbocycles. The minimum absolute atomic E-state index is 0.325. The summed E-state index contributed by atoms with van der Waals surface area (Å²) < 4.78 is 1.88. The van der Waals surface area contributed by atoms with Crippen molar-refractivity contribution in [3.8, 4) is 0 Å². The van der Waals surface area contributed by atoms with Gasteiger partial charge in [0.05, 0.1) is 5.56 Å². The minimum atomic E-state index is -0.888. The van der Waals surface area contributed by atoms with Gasteiger partial charge in [-0.25, -0.2) is 4.79 Å². The summed E-state index contributed by atoms with van der Waals surface area (Å²) in [7, 11) is 4.00. The van der Waals surface area contributed by atoms with Gasteiger partial charge in [-0.1, -0.05) is 12.1 Å². The maximum absolute atomic E-state index is 10.8. The number of carboxylic acids is 1. The average Bonchev–Trinajstić information content (AvgIpc) is 2.82. The molecule has 106 valence electrons. The zero-order chi connectivity index (χ0) is 14.5. The van der Waals surface area contributed by atoms with E-state index < -0.39 is 5.97 Å². The number of aromatic carboxylic acids is 1. The molecule has 0 atom stereocenters. The van der Waals surface area contributed by atoms with E-state index in [1.165, 1.54) is 5.69 Å². The lowest BCUT2D eigenvalue weighted by molar-refractivity contribution is 0.0697. The molecule has 1 aromatic heterocycles. The SMILES string of the molecule is CN(CCc1ccnn1C)Cc1ccc(C(=O)O)cc1. The van der Waals surface area contributed by atoms with Crippen molar-refractivity contribution in [2.45, 2.75) is 13.0 Å². The maximum Gasteiger partial charge on any atom is 0.335 e. The molecular formula is C15H19N3O2. The normalized spacial score (nSPS) is 10.9. The number of carbonyl (C=O) groups is 1. The summed E-state index contributed by atoms with van der Waals surface area (Å²) in [6.07, 6.45) is 2.75. The van der Waals surface area contributed by atoms with Crippen molar-refractivity contribution in [3.63, 3.8) is 0 Å². The number of hydrogen-bond acceptors (Lipinski definition) is 3. The second kappa shape index (κ2) is 6.34. The lowest BCUT2D eigenvalue weighted by Crippen LogP contribution is -2.21. The van der Waals surface area contributed by atoms with Crippen LogP contribution in [0.3, 0.4) is 0 Å². The number of hydrogen-bond donors (Lipinski definition) is 1. The van der Waals surface area contributed by atoms with Crippen LogP contribution in [0.4, 0.5) is 0 Å². The zero-order valence-electron chi connectivity index (χ0n) is 11.8. The van der Waals surface area contributed by atoms with E-state index in [1.54, 1.807) is 18.3 Å². The van der Waals surface area contributed by atoms with Crippen LogP contribution >= 0.6 is 0 Å². The van der Waals surface area contributed by atoms with Crippen molar-refractivity contribution < 1.29 is 9.90 Å². The number of benzene rings is 1. The van der Waals surface area contributed by atoms with E-state index in [9.17, 15) is 4.79 Å². The largest absolute Gasteiger partial charge is 0.478 e. The van der Waals surface area contributed by atoms with E-state index in [2.05, 4.69) is 17.0 Å². The number of rotatable bonds is 6. The summed E-state index contributed by atoms with van der Waals surface area (Å²) in [5.41, 5.74) is 2.65. The number of likely N-dealkylation sites (N-methyl/N-ethyl adjacent to an activating group) is 1. The second-order valence-electron chi connectivity index (χ2n) is 4.94. The van der Waals surface area contributed by atoms with Gasteiger partial charge in [0.25, 0.3) is 0 Å². The highest BCUT2D eigenvalue weighted by Gasteiger charge is 2.05. The van der Waals surface area contributed by atoms with Crippen molar-refractivity contribution >= 4 is 5.97 Å². The molecule has 0 aliphatic rings. The maximum atomic E-state index is 10.8. The van der Waals surface area contributed by atoms with Crippen molar-refractivity contribution in [3.05, 3.63) is 53.3 Å². The van der Waals surface area contributed by atoms with Crippen LogP contribution in [0.1, 0.15) is 21.6 Å². The van der Waals surface area contributed by atoms with Gasteiger partial charge < -0.3 is 10.0 Å². The van der Waals surface area contributed by atoms with E-state index >= 15 is 0 Å². The molecule has 0 saturated carbocycles. The Balaban J connectivity index is 1.86. The fourth-order valence-corrected chi connectivity index (χ4v) is 2.10. The van der Waals surface area contributed by atoms with E-state index in [-0.39, 0.29) is 0 Å². The highest BCUT2D eigenvalue weighted by molar-refractivity contribution is 5.87. The van der Waals surface area contributed by atoms with Crippen LogP contribution in [0.25, 0.3) is 0 Å². The van der Waals surface area contributed by atoms with Gasteiger partial charge in [0.15, 0.2) is 0 Å². The number of nitrogens with zero attached hydrogens (tertiary/aromatic N) is 3. The minimum Gasteiger partial charge on any atom is -0.478 e. The lowest BCUT2D eigenvalue weighted by Gasteiger charge is -2.16. The highest BCUT2D eigenvalue weighted by Crippen LogP contribution is 2.08. The summed E-state index contributed by atoms with van der Waals surface area (Å²) in [6, 6.07) is 9.04.